The van der Waals surface area contributed by atoms with Gasteiger partial charge in [0.1, 0.15) is 0 Å². The summed E-state index contributed by atoms with van der Waals surface area (Å²) in [5.41, 5.74) is -0.762. The number of allylic oxidation sites excluding steroid dienone is 2. The fourth-order valence-corrected chi connectivity index (χ4v) is 10.8. The van der Waals surface area contributed by atoms with Crippen molar-refractivity contribution in [1.82, 2.24) is 0 Å². The molecule has 8 nitrogen and oxygen atoms in total. The Morgan fingerprint density at radius 3 is 1.32 bits per heavy atom. The Bertz CT molecular complexity index is 1400. The molecular weight excluding hydrogens is 528 g/mol. The first kappa shape index (κ1) is 27.4. The summed E-state index contributed by atoms with van der Waals surface area (Å²) in [6.45, 7) is 7.58. The van der Waals surface area contributed by atoms with Crippen LogP contribution in [0.5, 0.6) is 0 Å². The molecule has 5 rings (SSSR count). The van der Waals surface area contributed by atoms with Gasteiger partial charge >= 0.3 is 0 Å². The van der Waals surface area contributed by atoms with Crippen LogP contribution < -0.4 is 0 Å². The Morgan fingerprint density at radius 2 is 1.03 bits per heavy atom. The smallest absolute Gasteiger partial charge is 0.265 e. The van der Waals surface area contributed by atoms with Crippen LogP contribution in [-0.2, 0) is 29.8 Å². The minimum atomic E-state index is -4.33. The first-order valence-corrected chi connectivity index (χ1v) is 16.1. The molecule has 10 heteroatoms. The molecule has 0 radical (unpaired) electrons. The normalized spacial score (nSPS) is 35.6. The highest BCUT2D eigenvalue weighted by molar-refractivity contribution is 7.86. The van der Waals surface area contributed by atoms with Crippen molar-refractivity contribution in [3.05, 3.63) is 46.5 Å². The van der Waals surface area contributed by atoms with Gasteiger partial charge in [0.25, 0.3) is 20.2 Å². The van der Waals surface area contributed by atoms with E-state index in [4.69, 9.17) is 0 Å². The maximum absolute atomic E-state index is 13.4. The van der Waals surface area contributed by atoms with E-state index in [0.29, 0.717) is 36.8 Å². The molecule has 1 aromatic rings. The van der Waals surface area contributed by atoms with Crippen molar-refractivity contribution in [3.8, 4) is 0 Å². The SMILES string of the molecule is CC1(C)[C@@H]2CC[C@@]1(CS(=O)(=O)O)C(=O)/C2=C/c1ccc(/C=C2/C(=O)[C@]3(CS(=O)(=O)O)CC[C@H]2C3(C)C)cc1. The maximum atomic E-state index is 13.4. The minimum Gasteiger partial charge on any atom is -0.294 e. The van der Waals surface area contributed by atoms with Crippen LogP contribution in [0, 0.1) is 33.5 Å². The van der Waals surface area contributed by atoms with Gasteiger partial charge in [0, 0.05) is 11.1 Å². The van der Waals surface area contributed by atoms with Crippen LogP contribution in [0.1, 0.15) is 64.5 Å². The lowest BCUT2D eigenvalue weighted by molar-refractivity contribution is -0.125. The molecule has 4 aliphatic carbocycles. The lowest BCUT2D eigenvalue weighted by Gasteiger charge is -2.34. The molecule has 206 valence electrons. The molecular formula is C28H34O8S2. The number of Topliss-reactive ketones (excluding diaryl/α,β-unsaturated/α-hetero) is 2. The number of rotatable bonds is 6. The fraction of sp³-hybridized carbons (Fsp3) is 0.571. The van der Waals surface area contributed by atoms with Gasteiger partial charge in [0.05, 0.1) is 22.3 Å². The summed E-state index contributed by atoms with van der Waals surface area (Å²) in [7, 11) is -8.66. The molecule has 0 saturated heterocycles. The molecule has 0 unspecified atom stereocenters. The van der Waals surface area contributed by atoms with Gasteiger partial charge in [-0.2, -0.15) is 16.8 Å². The van der Waals surface area contributed by atoms with E-state index in [-0.39, 0.29) is 23.4 Å². The predicted octanol–water partition coefficient (Wildman–Crippen LogP) is 4.24. The number of ketones is 2. The zero-order valence-electron chi connectivity index (χ0n) is 22.0. The lowest BCUT2D eigenvalue weighted by Crippen LogP contribution is -2.42. The number of hydrogen-bond acceptors (Lipinski definition) is 6. The van der Waals surface area contributed by atoms with Crippen LogP contribution in [0.2, 0.25) is 0 Å². The monoisotopic (exact) mass is 562 g/mol. The van der Waals surface area contributed by atoms with E-state index in [9.17, 15) is 35.5 Å². The molecule has 2 N–H and O–H groups in total. The average Bonchev–Trinajstić information content (AvgIpc) is 3.27. The van der Waals surface area contributed by atoms with Gasteiger partial charge in [0.2, 0.25) is 0 Å². The van der Waals surface area contributed by atoms with Gasteiger partial charge in [-0.25, -0.2) is 0 Å². The number of benzene rings is 1. The maximum Gasteiger partial charge on any atom is 0.265 e. The summed E-state index contributed by atoms with van der Waals surface area (Å²) in [6.07, 6.45) is 5.80. The van der Waals surface area contributed by atoms with Crippen LogP contribution in [0.3, 0.4) is 0 Å². The van der Waals surface area contributed by atoms with Crippen molar-refractivity contribution in [2.75, 3.05) is 11.5 Å². The fourth-order valence-electron chi connectivity index (χ4n) is 8.23. The lowest BCUT2D eigenvalue weighted by atomic mass is 9.70. The van der Waals surface area contributed by atoms with Crippen LogP contribution in [0.25, 0.3) is 12.2 Å². The quantitative estimate of drug-likeness (QED) is 0.387. The van der Waals surface area contributed by atoms with Crippen LogP contribution >= 0.6 is 0 Å². The number of carbonyl (C=O) groups is 2. The summed E-state index contributed by atoms with van der Waals surface area (Å²) in [4.78, 5) is 26.9. The van der Waals surface area contributed by atoms with Crippen molar-refractivity contribution >= 4 is 44.0 Å². The molecule has 4 fully saturated rings. The van der Waals surface area contributed by atoms with Gasteiger partial charge in [-0.1, -0.05) is 52.0 Å². The minimum absolute atomic E-state index is 0.105. The summed E-state index contributed by atoms with van der Waals surface area (Å²) in [5, 5.41) is 0. The first-order chi connectivity index (χ1) is 17.3. The van der Waals surface area contributed by atoms with Crippen molar-refractivity contribution in [1.29, 1.82) is 0 Å². The highest BCUT2D eigenvalue weighted by atomic mass is 32.2. The van der Waals surface area contributed by atoms with Gasteiger partial charge in [-0.15, -0.1) is 0 Å². The van der Waals surface area contributed by atoms with Crippen molar-refractivity contribution in [3.63, 3.8) is 0 Å². The van der Waals surface area contributed by atoms with Crippen molar-refractivity contribution < 1.29 is 35.5 Å². The molecule has 4 aliphatic rings. The largest absolute Gasteiger partial charge is 0.294 e. The summed E-state index contributed by atoms with van der Waals surface area (Å²) in [6, 6.07) is 7.33. The Balaban J connectivity index is 1.44. The van der Waals surface area contributed by atoms with Gasteiger partial charge in [0.15, 0.2) is 11.6 Å². The highest BCUT2D eigenvalue weighted by Crippen LogP contribution is 2.67. The number of hydrogen-bond donors (Lipinski definition) is 2. The third kappa shape index (κ3) is 3.82. The van der Waals surface area contributed by atoms with Crippen molar-refractivity contribution in [2.24, 2.45) is 33.5 Å². The van der Waals surface area contributed by atoms with E-state index in [2.05, 4.69) is 0 Å². The van der Waals surface area contributed by atoms with E-state index in [1.807, 2.05) is 52.0 Å². The Kier molecular flexibility index (Phi) is 5.91. The third-order valence-corrected chi connectivity index (χ3v) is 12.2. The van der Waals surface area contributed by atoms with E-state index in [1.165, 1.54) is 0 Å². The molecule has 0 heterocycles. The van der Waals surface area contributed by atoms with Gasteiger partial charge in [-0.3, -0.25) is 18.7 Å². The summed E-state index contributed by atoms with van der Waals surface area (Å²) >= 11 is 0. The molecule has 0 aromatic heterocycles. The standard InChI is InChI=1S/C28H34O8S2/c1-25(2)21-9-11-27(25,15-37(31,32)33)23(29)19(21)13-17-5-7-18(8-6-17)14-20-22-10-12-28(24(20)30,26(22,3)4)16-38(34,35)36/h5-8,13-14,21-22H,9-12,15-16H2,1-4H3,(H,31,32,33)(H,34,35,36)/b19-13+,20-14+/t21-,22-,27-,28-/m1/s1. The van der Waals surface area contributed by atoms with Crippen LogP contribution in [0.15, 0.2) is 35.4 Å². The second-order valence-electron chi connectivity index (χ2n) is 12.8. The highest BCUT2D eigenvalue weighted by Gasteiger charge is 2.68. The molecule has 0 spiro atoms. The Morgan fingerprint density at radius 1 is 0.711 bits per heavy atom. The molecule has 0 amide bonds. The molecule has 4 atom stereocenters. The van der Waals surface area contributed by atoms with Gasteiger partial charge in [-0.05, 0) is 71.6 Å². The zero-order valence-corrected chi connectivity index (χ0v) is 23.7. The van der Waals surface area contributed by atoms with E-state index >= 15 is 0 Å². The molecule has 4 bridgehead atoms. The average molecular weight is 563 g/mol. The number of carbonyl (C=O) groups excluding carboxylic acids is 2. The predicted molar refractivity (Wildman–Crippen MR) is 143 cm³/mol. The Hall–Kier alpha value is -2.14. The van der Waals surface area contributed by atoms with Crippen molar-refractivity contribution in [2.45, 2.75) is 53.4 Å². The summed E-state index contributed by atoms with van der Waals surface area (Å²) in [5.74, 6) is -1.80. The second kappa shape index (κ2) is 8.19. The van der Waals surface area contributed by atoms with Gasteiger partial charge < -0.3 is 0 Å². The Labute approximate surface area is 224 Å². The summed E-state index contributed by atoms with van der Waals surface area (Å²) < 4.78 is 66.1. The zero-order chi connectivity index (χ0) is 28.1. The van der Waals surface area contributed by atoms with Crippen LogP contribution in [0.4, 0.5) is 0 Å². The van der Waals surface area contributed by atoms with E-state index in [1.54, 1.807) is 12.2 Å². The molecule has 38 heavy (non-hydrogen) atoms. The second-order valence-corrected chi connectivity index (χ2v) is 15.7. The number of fused-ring (bicyclic) bond motifs is 4. The molecule has 4 saturated carbocycles. The molecule has 0 aliphatic heterocycles. The molecule has 1 aromatic carbocycles. The van der Waals surface area contributed by atoms with E-state index in [0.717, 1.165) is 11.1 Å². The third-order valence-electron chi connectivity index (χ3n) is 10.5. The first-order valence-electron chi connectivity index (χ1n) is 12.9. The van der Waals surface area contributed by atoms with Crippen LogP contribution in [-0.4, -0.2) is 49.0 Å². The van der Waals surface area contributed by atoms with E-state index < -0.39 is 53.4 Å². The topological polar surface area (TPSA) is 143 Å².